The zero-order valence-electron chi connectivity index (χ0n) is 19.3. The summed E-state index contributed by atoms with van der Waals surface area (Å²) in [4.78, 5) is 25.5. The first-order valence-corrected chi connectivity index (χ1v) is 10.4. The number of benzene rings is 1. The first-order chi connectivity index (χ1) is 15.1. The third-order valence-electron chi connectivity index (χ3n) is 5.40. The number of carbonyl (C=O) groups excluding carboxylic acids is 1. The summed E-state index contributed by atoms with van der Waals surface area (Å²) >= 11 is 0. The Hall–Kier alpha value is -3.33. The molecule has 3 aromatic rings. The summed E-state index contributed by atoms with van der Waals surface area (Å²) in [5, 5.41) is 9.00. The van der Waals surface area contributed by atoms with Gasteiger partial charge in [-0.1, -0.05) is 0 Å². The molecule has 170 valence electrons. The number of methoxy groups -OCH3 is 1. The van der Waals surface area contributed by atoms with Crippen molar-refractivity contribution in [3.63, 3.8) is 0 Å². The first-order valence-electron chi connectivity index (χ1n) is 10.4. The Balaban J connectivity index is 1.87. The minimum atomic E-state index is -0.507. The van der Waals surface area contributed by atoms with Gasteiger partial charge in [-0.25, -0.2) is 19.2 Å². The number of aromatic nitrogens is 3. The number of aryl methyl sites for hydroxylation is 2. The van der Waals surface area contributed by atoms with Crippen LogP contribution >= 0.6 is 0 Å². The van der Waals surface area contributed by atoms with Crippen LogP contribution in [-0.4, -0.2) is 47.3 Å². The van der Waals surface area contributed by atoms with Gasteiger partial charge in [-0.15, -0.1) is 0 Å². The van der Waals surface area contributed by atoms with E-state index in [-0.39, 0.29) is 11.3 Å². The van der Waals surface area contributed by atoms with E-state index in [2.05, 4.69) is 30.9 Å². The van der Waals surface area contributed by atoms with Gasteiger partial charge in [-0.2, -0.15) is 4.98 Å². The Morgan fingerprint density at radius 2 is 1.91 bits per heavy atom. The van der Waals surface area contributed by atoms with Gasteiger partial charge in [0, 0.05) is 43.5 Å². The molecule has 2 aromatic heterocycles. The Morgan fingerprint density at radius 3 is 2.59 bits per heavy atom. The number of pyridine rings is 1. The summed E-state index contributed by atoms with van der Waals surface area (Å²) in [7, 11) is 3.37. The minimum absolute atomic E-state index is 0.0929. The molecule has 0 unspecified atom stereocenters. The summed E-state index contributed by atoms with van der Waals surface area (Å²) in [5.41, 5.74) is 3.37. The van der Waals surface area contributed by atoms with Gasteiger partial charge >= 0.3 is 6.03 Å². The Morgan fingerprint density at radius 1 is 1.16 bits per heavy atom. The molecule has 8 nitrogen and oxygen atoms in total. The Bertz CT molecular complexity index is 1150. The molecule has 3 rings (SSSR count). The molecular weight excluding hydrogens is 411 g/mol. The number of hydrogen-bond acceptors (Lipinski definition) is 6. The highest BCUT2D eigenvalue weighted by atomic mass is 19.1. The zero-order chi connectivity index (χ0) is 23.5. The second kappa shape index (κ2) is 9.44. The summed E-state index contributed by atoms with van der Waals surface area (Å²) in [6.07, 6.45) is 2.31. The van der Waals surface area contributed by atoms with E-state index in [1.54, 1.807) is 26.4 Å². The smallest absolute Gasteiger partial charge is 0.319 e. The lowest BCUT2D eigenvalue weighted by Crippen LogP contribution is -2.34. The number of halogens is 1. The van der Waals surface area contributed by atoms with Gasteiger partial charge in [0.1, 0.15) is 5.82 Å². The summed E-state index contributed by atoms with van der Waals surface area (Å²) < 4.78 is 19.9. The van der Waals surface area contributed by atoms with Crippen LogP contribution in [0.1, 0.15) is 31.5 Å². The van der Waals surface area contributed by atoms with E-state index >= 15 is 0 Å². The van der Waals surface area contributed by atoms with Crippen molar-refractivity contribution in [2.45, 2.75) is 39.7 Å². The quantitative estimate of drug-likeness (QED) is 0.503. The standard InChI is InChI=1S/C23H29FN6O2/c1-13-9-18(24)19(29-22(31)26-8-7-23(3,4)32-6)11-16(13)17-10-15-12-27-21(25-5)30-20(15)28-14(17)2/h9-12H,7-8H2,1-6H3,(H2,26,29,31)(H,25,27,28,30). The van der Waals surface area contributed by atoms with Crippen LogP contribution in [0.2, 0.25) is 0 Å². The van der Waals surface area contributed by atoms with Gasteiger partial charge in [0.2, 0.25) is 5.95 Å². The van der Waals surface area contributed by atoms with Crippen LogP contribution in [0.4, 0.5) is 20.8 Å². The molecular formula is C23H29FN6O2. The molecule has 0 radical (unpaired) electrons. The van der Waals surface area contributed by atoms with Crippen LogP contribution in [0.5, 0.6) is 0 Å². The van der Waals surface area contributed by atoms with Crippen molar-refractivity contribution in [1.82, 2.24) is 20.3 Å². The van der Waals surface area contributed by atoms with Gasteiger partial charge in [-0.05, 0) is 63.4 Å². The van der Waals surface area contributed by atoms with Gasteiger partial charge < -0.3 is 20.7 Å². The fourth-order valence-corrected chi connectivity index (χ4v) is 3.25. The van der Waals surface area contributed by atoms with Crippen LogP contribution in [0.3, 0.4) is 0 Å². The number of amides is 2. The van der Waals surface area contributed by atoms with E-state index in [1.807, 2.05) is 33.8 Å². The van der Waals surface area contributed by atoms with Crippen molar-refractivity contribution in [1.29, 1.82) is 0 Å². The number of ether oxygens (including phenoxy) is 1. The van der Waals surface area contributed by atoms with E-state index in [9.17, 15) is 9.18 Å². The third kappa shape index (κ3) is 5.28. The highest BCUT2D eigenvalue weighted by Crippen LogP contribution is 2.32. The highest BCUT2D eigenvalue weighted by molar-refractivity contribution is 5.91. The molecule has 0 bridgehead atoms. The molecule has 2 amide bonds. The van der Waals surface area contributed by atoms with Gasteiger partial charge in [0.25, 0.3) is 0 Å². The molecule has 0 aliphatic carbocycles. The number of anilines is 2. The number of nitrogens with zero attached hydrogens (tertiary/aromatic N) is 3. The maximum atomic E-state index is 14.6. The second-order valence-corrected chi connectivity index (χ2v) is 8.22. The van der Waals surface area contributed by atoms with Crippen molar-refractivity contribution in [3.8, 4) is 11.1 Å². The highest BCUT2D eigenvalue weighted by Gasteiger charge is 2.17. The molecule has 1 aromatic carbocycles. The molecule has 32 heavy (non-hydrogen) atoms. The lowest BCUT2D eigenvalue weighted by molar-refractivity contribution is 0.0165. The molecule has 0 spiro atoms. The number of rotatable bonds is 7. The number of urea groups is 1. The van der Waals surface area contributed by atoms with Crippen LogP contribution in [-0.2, 0) is 4.74 Å². The van der Waals surface area contributed by atoms with E-state index in [0.717, 1.165) is 27.8 Å². The Kier molecular flexibility index (Phi) is 6.88. The van der Waals surface area contributed by atoms with Crippen molar-refractivity contribution < 1.29 is 13.9 Å². The van der Waals surface area contributed by atoms with Crippen molar-refractivity contribution >= 4 is 28.7 Å². The number of carbonyl (C=O) groups is 1. The van der Waals surface area contributed by atoms with Crippen LogP contribution in [0, 0.1) is 19.7 Å². The maximum absolute atomic E-state index is 14.6. The van der Waals surface area contributed by atoms with Crippen LogP contribution in [0.15, 0.2) is 24.4 Å². The van der Waals surface area contributed by atoms with E-state index < -0.39 is 11.8 Å². The van der Waals surface area contributed by atoms with Crippen LogP contribution in [0.25, 0.3) is 22.2 Å². The topological polar surface area (TPSA) is 101 Å². The van der Waals surface area contributed by atoms with Crippen molar-refractivity contribution in [2.75, 3.05) is 31.3 Å². The van der Waals surface area contributed by atoms with E-state index in [1.165, 1.54) is 6.07 Å². The van der Waals surface area contributed by atoms with Gasteiger partial charge in [0.15, 0.2) is 5.65 Å². The SMILES string of the molecule is CNc1ncc2cc(-c3cc(NC(=O)NCCC(C)(C)OC)c(F)cc3C)c(C)nc2n1. The summed E-state index contributed by atoms with van der Waals surface area (Å²) in [6, 6.07) is 4.48. The van der Waals surface area contributed by atoms with E-state index in [0.29, 0.717) is 24.6 Å². The molecule has 3 N–H and O–H groups in total. The maximum Gasteiger partial charge on any atom is 0.319 e. The fourth-order valence-electron chi connectivity index (χ4n) is 3.25. The summed E-state index contributed by atoms with van der Waals surface area (Å²) in [5.74, 6) is -0.0199. The largest absolute Gasteiger partial charge is 0.379 e. The van der Waals surface area contributed by atoms with Crippen molar-refractivity contribution in [3.05, 3.63) is 41.5 Å². The minimum Gasteiger partial charge on any atom is -0.379 e. The predicted octanol–water partition coefficient (Wildman–Crippen LogP) is 4.43. The lowest BCUT2D eigenvalue weighted by Gasteiger charge is -2.22. The average molecular weight is 441 g/mol. The molecule has 0 aliphatic rings. The normalized spacial score (nSPS) is 11.5. The number of nitrogens with one attached hydrogen (secondary N) is 3. The number of fused-ring (bicyclic) bond motifs is 1. The van der Waals surface area contributed by atoms with Gasteiger partial charge in [0.05, 0.1) is 11.3 Å². The van der Waals surface area contributed by atoms with Gasteiger partial charge in [-0.3, -0.25) is 0 Å². The molecule has 0 atom stereocenters. The predicted molar refractivity (Wildman–Crippen MR) is 124 cm³/mol. The molecule has 2 heterocycles. The first kappa shape index (κ1) is 23.3. The molecule has 0 saturated heterocycles. The zero-order valence-corrected chi connectivity index (χ0v) is 19.3. The molecule has 9 heteroatoms. The lowest BCUT2D eigenvalue weighted by atomic mass is 9.97. The van der Waals surface area contributed by atoms with Crippen molar-refractivity contribution in [2.24, 2.45) is 0 Å². The second-order valence-electron chi connectivity index (χ2n) is 8.22. The number of hydrogen-bond donors (Lipinski definition) is 3. The molecule has 0 aliphatic heterocycles. The van der Waals surface area contributed by atoms with Crippen LogP contribution < -0.4 is 16.0 Å². The fraction of sp³-hybridized carbons (Fsp3) is 0.391. The Labute approximate surface area is 187 Å². The average Bonchev–Trinajstić information content (AvgIpc) is 2.74. The monoisotopic (exact) mass is 440 g/mol. The molecule has 0 fully saturated rings. The van der Waals surface area contributed by atoms with E-state index in [4.69, 9.17) is 4.74 Å². The molecule has 0 saturated carbocycles. The summed E-state index contributed by atoms with van der Waals surface area (Å²) in [6.45, 7) is 7.96. The third-order valence-corrected chi connectivity index (χ3v) is 5.40.